The molecule has 0 radical (unpaired) electrons. The van der Waals surface area contributed by atoms with Gasteiger partial charge in [-0.25, -0.2) is 0 Å². The average molecular weight is 448 g/mol. The number of aryl methyl sites for hydroxylation is 4. The van der Waals surface area contributed by atoms with E-state index in [0.29, 0.717) is 17.8 Å². The lowest BCUT2D eigenvalue weighted by Crippen LogP contribution is -2.39. The zero-order valence-electron chi connectivity index (χ0n) is 20.0. The standard InChI is InChI=1S/C27H33N3O3/c1-18-14-19(2)16-23(15-18)28-25-24(22-7-6-20(3)21(4)17-22)26(31)30(27(25)32)9-5-8-29-10-12-33-13-11-29/h6-7,14-17,28H,5,8-13H2,1-4H3. The van der Waals surface area contributed by atoms with Crippen LogP contribution in [0.3, 0.4) is 0 Å². The third kappa shape index (κ3) is 5.18. The Hall–Kier alpha value is -2.96. The van der Waals surface area contributed by atoms with Gasteiger partial charge in [0.15, 0.2) is 0 Å². The summed E-state index contributed by atoms with van der Waals surface area (Å²) in [5, 5.41) is 3.30. The first kappa shape index (κ1) is 23.2. The molecule has 6 heteroatoms. The van der Waals surface area contributed by atoms with Gasteiger partial charge in [0.1, 0.15) is 5.70 Å². The Morgan fingerprint density at radius 3 is 2.21 bits per heavy atom. The van der Waals surface area contributed by atoms with Gasteiger partial charge in [-0.3, -0.25) is 19.4 Å². The zero-order chi connectivity index (χ0) is 23.5. The van der Waals surface area contributed by atoms with Gasteiger partial charge in [0.05, 0.1) is 18.8 Å². The normalized spacial score (nSPS) is 17.3. The van der Waals surface area contributed by atoms with E-state index in [4.69, 9.17) is 4.74 Å². The molecular weight excluding hydrogens is 414 g/mol. The van der Waals surface area contributed by atoms with E-state index in [2.05, 4.69) is 16.3 Å². The van der Waals surface area contributed by atoms with E-state index in [1.165, 1.54) is 4.90 Å². The molecule has 2 aromatic rings. The van der Waals surface area contributed by atoms with Gasteiger partial charge in [-0.05, 0) is 74.1 Å². The molecule has 2 aliphatic rings. The van der Waals surface area contributed by atoms with Gasteiger partial charge in [-0.15, -0.1) is 0 Å². The maximum Gasteiger partial charge on any atom is 0.278 e. The first-order chi connectivity index (χ1) is 15.8. The van der Waals surface area contributed by atoms with Crippen molar-refractivity contribution in [1.82, 2.24) is 9.80 Å². The van der Waals surface area contributed by atoms with Crippen LogP contribution in [0.5, 0.6) is 0 Å². The number of rotatable bonds is 7. The molecule has 2 amide bonds. The van der Waals surface area contributed by atoms with Crippen LogP contribution < -0.4 is 5.32 Å². The number of ether oxygens (including phenoxy) is 1. The molecule has 1 fully saturated rings. The van der Waals surface area contributed by atoms with E-state index in [0.717, 1.165) is 72.8 Å². The third-order valence-corrected chi connectivity index (χ3v) is 6.41. The van der Waals surface area contributed by atoms with Crippen LogP contribution in [-0.4, -0.2) is 61.0 Å². The topological polar surface area (TPSA) is 61.9 Å². The molecule has 6 nitrogen and oxygen atoms in total. The van der Waals surface area contributed by atoms with Crippen LogP contribution >= 0.6 is 0 Å². The fourth-order valence-electron chi connectivity index (χ4n) is 4.53. The zero-order valence-corrected chi connectivity index (χ0v) is 20.0. The molecule has 0 atom stereocenters. The highest BCUT2D eigenvalue weighted by molar-refractivity contribution is 6.36. The van der Waals surface area contributed by atoms with Crippen LogP contribution in [0.15, 0.2) is 42.1 Å². The molecule has 2 aliphatic heterocycles. The quantitative estimate of drug-likeness (QED) is 0.654. The van der Waals surface area contributed by atoms with Gasteiger partial charge < -0.3 is 10.1 Å². The van der Waals surface area contributed by atoms with Crippen LogP contribution in [0.1, 0.15) is 34.2 Å². The van der Waals surface area contributed by atoms with Crippen molar-refractivity contribution in [3.05, 3.63) is 69.9 Å². The summed E-state index contributed by atoms with van der Waals surface area (Å²) in [4.78, 5) is 30.7. The molecule has 33 heavy (non-hydrogen) atoms. The number of anilines is 1. The van der Waals surface area contributed by atoms with Crippen molar-refractivity contribution in [1.29, 1.82) is 0 Å². The SMILES string of the molecule is Cc1cc(C)cc(NC2=C(c3ccc(C)c(C)c3)C(=O)N(CCCN3CCOCC3)C2=O)c1. The highest BCUT2D eigenvalue weighted by atomic mass is 16.5. The van der Waals surface area contributed by atoms with E-state index in [9.17, 15) is 9.59 Å². The molecule has 0 aromatic heterocycles. The summed E-state index contributed by atoms with van der Waals surface area (Å²) < 4.78 is 5.41. The molecule has 0 spiro atoms. The molecule has 174 valence electrons. The number of imide groups is 1. The van der Waals surface area contributed by atoms with Gasteiger partial charge in [-0.2, -0.15) is 0 Å². The number of nitrogens with zero attached hydrogens (tertiary/aromatic N) is 2. The Morgan fingerprint density at radius 2 is 1.55 bits per heavy atom. The summed E-state index contributed by atoms with van der Waals surface area (Å²) in [6.45, 7) is 12.6. The maximum atomic E-state index is 13.5. The monoisotopic (exact) mass is 447 g/mol. The highest BCUT2D eigenvalue weighted by Gasteiger charge is 2.39. The molecule has 4 rings (SSSR count). The summed E-state index contributed by atoms with van der Waals surface area (Å²) >= 11 is 0. The summed E-state index contributed by atoms with van der Waals surface area (Å²) in [5.41, 5.74) is 6.86. The van der Waals surface area contributed by atoms with Crippen LogP contribution in [0.4, 0.5) is 5.69 Å². The lowest BCUT2D eigenvalue weighted by molar-refractivity contribution is -0.136. The van der Waals surface area contributed by atoms with Gasteiger partial charge in [0, 0.05) is 31.9 Å². The second-order valence-electron chi connectivity index (χ2n) is 9.12. The minimum Gasteiger partial charge on any atom is -0.379 e. The smallest absolute Gasteiger partial charge is 0.278 e. The Morgan fingerprint density at radius 1 is 0.848 bits per heavy atom. The van der Waals surface area contributed by atoms with E-state index in [1.807, 2.05) is 58.0 Å². The molecule has 1 N–H and O–H groups in total. The minimum absolute atomic E-state index is 0.225. The molecule has 2 aromatic carbocycles. The fourth-order valence-corrected chi connectivity index (χ4v) is 4.53. The molecular formula is C27H33N3O3. The van der Waals surface area contributed by atoms with E-state index in [-0.39, 0.29) is 11.8 Å². The summed E-state index contributed by atoms with van der Waals surface area (Å²) in [5.74, 6) is -0.480. The largest absolute Gasteiger partial charge is 0.379 e. The number of benzene rings is 2. The molecule has 2 heterocycles. The summed E-state index contributed by atoms with van der Waals surface area (Å²) in [7, 11) is 0. The predicted molar refractivity (Wildman–Crippen MR) is 131 cm³/mol. The van der Waals surface area contributed by atoms with Crippen molar-refractivity contribution < 1.29 is 14.3 Å². The van der Waals surface area contributed by atoms with E-state index >= 15 is 0 Å². The molecule has 0 unspecified atom stereocenters. The van der Waals surface area contributed by atoms with Crippen LogP contribution in [0.2, 0.25) is 0 Å². The van der Waals surface area contributed by atoms with Crippen LogP contribution in [0.25, 0.3) is 5.57 Å². The maximum absolute atomic E-state index is 13.5. The average Bonchev–Trinajstić information content (AvgIpc) is 3.00. The van der Waals surface area contributed by atoms with Crippen molar-refractivity contribution in [3.8, 4) is 0 Å². The first-order valence-electron chi connectivity index (χ1n) is 11.7. The Labute approximate surface area is 196 Å². The second-order valence-corrected chi connectivity index (χ2v) is 9.12. The van der Waals surface area contributed by atoms with E-state index in [1.54, 1.807) is 0 Å². The Bertz CT molecular complexity index is 1080. The number of amides is 2. The van der Waals surface area contributed by atoms with Crippen molar-refractivity contribution in [2.45, 2.75) is 34.1 Å². The van der Waals surface area contributed by atoms with Crippen molar-refractivity contribution >= 4 is 23.1 Å². The van der Waals surface area contributed by atoms with Gasteiger partial charge in [-0.1, -0.05) is 24.3 Å². The molecule has 1 saturated heterocycles. The van der Waals surface area contributed by atoms with Gasteiger partial charge in [0.25, 0.3) is 11.8 Å². The lowest BCUT2D eigenvalue weighted by Gasteiger charge is -2.27. The molecule has 0 saturated carbocycles. The van der Waals surface area contributed by atoms with E-state index < -0.39 is 0 Å². The summed E-state index contributed by atoms with van der Waals surface area (Å²) in [6.07, 6.45) is 0.745. The number of hydrogen-bond donors (Lipinski definition) is 1. The Balaban J connectivity index is 1.61. The predicted octanol–water partition coefficient (Wildman–Crippen LogP) is 3.83. The third-order valence-electron chi connectivity index (χ3n) is 6.41. The first-order valence-corrected chi connectivity index (χ1v) is 11.7. The fraction of sp³-hybridized carbons (Fsp3) is 0.407. The van der Waals surface area contributed by atoms with Gasteiger partial charge in [0.2, 0.25) is 0 Å². The van der Waals surface area contributed by atoms with Gasteiger partial charge >= 0.3 is 0 Å². The minimum atomic E-state index is -0.255. The number of carbonyl (C=O) groups is 2. The van der Waals surface area contributed by atoms with Crippen molar-refractivity contribution in [3.63, 3.8) is 0 Å². The van der Waals surface area contributed by atoms with Crippen molar-refractivity contribution in [2.75, 3.05) is 44.7 Å². The number of morpholine rings is 1. The molecule has 0 bridgehead atoms. The summed E-state index contributed by atoms with van der Waals surface area (Å²) in [6, 6.07) is 12.0. The number of hydrogen-bond acceptors (Lipinski definition) is 5. The van der Waals surface area contributed by atoms with Crippen LogP contribution in [-0.2, 0) is 14.3 Å². The lowest BCUT2D eigenvalue weighted by atomic mass is 9.99. The highest BCUT2D eigenvalue weighted by Crippen LogP contribution is 2.32. The Kier molecular flexibility index (Phi) is 6.96. The van der Waals surface area contributed by atoms with Crippen molar-refractivity contribution in [2.24, 2.45) is 0 Å². The number of carbonyl (C=O) groups excluding carboxylic acids is 2. The van der Waals surface area contributed by atoms with Crippen LogP contribution in [0, 0.1) is 27.7 Å². The second kappa shape index (κ2) is 9.89. The number of nitrogens with one attached hydrogen (secondary N) is 1. The molecule has 0 aliphatic carbocycles.